The van der Waals surface area contributed by atoms with Crippen LogP contribution in [0.2, 0.25) is 0 Å². The Kier molecular flexibility index (Phi) is 9.45. The zero-order chi connectivity index (χ0) is 26.6. The van der Waals surface area contributed by atoms with Gasteiger partial charge in [0.15, 0.2) is 6.61 Å². The molecule has 2 amide bonds. The van der Waals surface area contributed by atoms with Crippen LogP contribution in [0.4, 0.5) is 0 Å². The minimum absolute atomic E-state index is 0.195. The van der Waals surface area contributed by atoms with Crippen molar-refractivity contribution < 1.29 is 19.1 Å². The monoisotopic (exact) mass is 509 g/mol. The first-order valence-corrected chi connectivity index (χ1v) is 12.4. The van der Waals surface area contributed by atoms with E-state index in [4.69, 9.17) is 9.47 Å². The van der Waals surface area contributed by atoms with E-state index in [0.717, 1.165) is 16.8 Å². The van der Waals surface area contributed by atoms with Crippen LogP contribution in [-0.4, -0.2) is 41.5 Å². The number of amides is 2. The van der Waals surface area contributed by atoms with Crippen molar-refractivity contribution >= 4 is 11.8 Å². The molecule has 0 saturated heterocycles. The SMILES string of the molecule is COc1ccc(CN(C(=O)COc2ccccc2)[C@@H](Cc2ccccc2)C(=O)NCc2ccccn2)cc1. The maximum Gasteiger partial charge on any atom is 0.261 e. The molecule has 4 rings (SSSR count). The minimum Gasteiger partial charge on any atom is -0.497 e. The van der Waals surface area contributed by atoms with E-state index in [1.54, 1.807) is 30.3 Å². The Morgan fingerprint density at radius 3 is 2.16 bits per heavy atom. The summed E-state index contributed by atoms with van der Waals surface area (Å²) >= 11 is 0. The average molecular weight is 510 g/mol. The van der Waals surface area contributed by atoms with Crippen molar-refractivity contribution in [3.8, 4) is 11.5 Å². The van der Waals surface area contributed by atoms with Gasteiger partial charge in [-0.15, -0.1) is 0 Å². The van der Waals surface area contributed by atoms with Crippen LogP contribution in [0.5, 0.6) is 11.5 Å². The van der Waals surface area contributed by atoms with Gasteiger partial charge in [0, 0.05) is 19.2 Å². The van der Waals surface area contributed by atoms with Gasteiger partial charge in [0.1, 0.15) is 17.5 Å². The maximum absolute atomic E-state index is 13.6. The first-order chi connectivity index (χ1) is 18.6. The van der Waals surface area contributed by atoms with Crippen molar-refractivity contribution in [2.45, 2.75) is 25.6 Å². The molecule has 1 atom stereocenters. The van der Waals surface area contributed by atoms with Gasteiger partial charge >= 0.3 is 0 Å². The van der Waals surface area contributed by atoms with E-state index in [1.165, 1.54) is 0 Å². The van der Waals surface area contributed by atoms with Gasteiger partial charge in [-0.25, -0.2) is 0 Å². The molecule has 0 aliphatic rings. The Morgan fingerprint density at radius 1 is 0.816 bits per heavy atom. The van der Waals surface area contributed by atoms with Gasteiger partial charge in [-0.1, -0.05) is 66.7 Å². The summed E-state index contributed by atoms with van der Waals surface area (Å²) in [4.78, 5) is 33.2. The Hall–Kier alpha value is -4.65. The summed E-state index contributed by atoms with van der Waals surface area (Å²) in [6.07, 6.45) is 2.03. The predicted octanol–water partition coefficient (Wildman–Crippen LogP) is 4.43. The predicted molar refractivity (Wildman–Crippen MR) is 145 cm³/mol. The molecule has 0 aliphatic heterocycles. The van der Waals surface area contributed by atoms with E-state index in [-0.39, 0.29) is 31.5 Å². The highest BCUT2D eigenvalue weighted by atomic mass is 16.5. The average Bonchev–Trinajstić information content (AvgIpc) is 2.98. The zero-order valence-corrected chi connectivity index (χ0v) is 21.3. The lowest BCUT2D eigenvalue weighted by atomic mass is 10.0. The van der Waals surface area contributed by atoms with Crippen LogP contribution in [0.1, 0.15) is 16.8 Å². The van der Waals surface area contributed by atoms with Crippen LogP contribution in [0.25, 0.3) is 0 Å². The normalized spacial score (nSPS) is 11.3. The summed E-state index contributed by atoms with van der Waals surface area (Å²) < 4.78 is 11.1. The van der Waals surface area contributed by atoms with Crippen LogP contribution in [0.3, 0.4) is 0 Å². The second-order valence-electron chi connectivity index (χ2n) is 8.72. The largest absolute Gasteiger partial charge is 0.497 e. The Labute approximate surface area is 223 Å². The van der Waals surface area contributed by atoms with Gasteiger partial charge in [-0.2, -0.15) is 0 Å². The summed E-state index contributed by atoms with van der Waals surface area (Å²) in [5.74, 6) is 0.747. The van der Waals surface area contributed by atoms with E-state index in [1.807, 2.05) is 91.0 Å². The third-order valence-corrected chi connectivity index (χ3v) is 6.06. The fraction of sp³-hybridized carbons (Fsp3) is 0.194. The number of rotatable bonds is 12. The Balaban J connectivity index is 1.60. The summed E-state index contributed by atoms with van der Waals surface area (Å²) in [6.45, 7) is 0.296. The van der Waals surface area contributed by atoms with Crippen molar-refractivity contribution in [3.63, 3.8) is 0 Å². The highest BCUT2D eigenvalue weighted by Gasteiger charge is 2.30. The first-order valence-electron chi connectivity index (χ1n) is 12.4. The summed E-state index contributed by atoms with van der Waals surface area (Å²) in [5.41, 5.74) is 2.55. The molecule has 4 aromatic rings. The molecule has 7 nitrogen and oxygen atoms in total. The molecule has 1 N–H and O–H groups in total. The molecule has 3 aromatic carbocycles. The molecule has 1 heterocycles. The summed E-state index contributed by atoms with van der Waals surface area (Å²) in [7, 11) is 1.60. The number of carbonyl (C=O) groups is 2. The van der Waals surface area contributed by atoms with Crippen LogP contribution in [0.15, 0.2) is 109 Å². The number of benzene rings is 3. The van der Waals surface area contributed by atoms with Gasteiger partial charge in [-0.05, 0) is 47.5 Å². The molecule has 0 fully saturated rings. The Bertz CT molecular complexity index is 1280. The van der Waals surface area contributed by atoms with Crippen molar-refractivity contribution in [1.29, 1.82) is 0 Å². The van der Waals surface area contributed by atoms with E-state index < -0.39 is 6.04 Å². The second kappa shape index (κ2) is 13.6. The van der Waals surface area contributed by atoms with Crippen molar-refractivity contribution in [1.82, 2.24) is 15.2 Å². The first kappa shape index (κ1) is 26.4. The number of nitrogens with zero attached hydrogens (tertiary/aromatic N) is 2. The van der Waals surface area contributed by atoms with Crippen LogP contribution in [-0.2, 0) is 29.1 Å². The number of aromatic nitrogens is 1. The second-order valence-corrected chi connectivity index (χ2v) is 8.72. The standard InChI is InChI=1S/C31H31N3O4/c1-37-27-17-15-25(16-18-27)22-34(30(35)23-38-28-13-6-3-7-14-28)29(20-24-10-4-2-5-11-24)31(36)33-21-26-12-8-9-19-32-26/h2-19,29H,20-23H2,1H3,(H,33,36)/t29-/m0/s1. The lowest BCUT2D eigenvalue weighted by Gasteiger charge is -2.31. The summed E-state index contributed by atoms with van der Waals surface area (Å²) in [5, 5.41) is 2.98. The molecule has 1 aromatic heterocycles. The number of carbonyl (C=O) groups excluding carboxylic acids is 2. The van der Waals surface area contributed by atoms with Crippen molar-refractivity contribution in [2.24, 2.45) is 0 Å². The smallest absolute Gasteiger partial charge is 0.261 e. The van der Waals surface area contributed by atoms with E-state index in [0.29, 0.717) is 17.9 Å². The molecule has 38 heavy (non-hydrogen) atoms. The van der Waals surface area contributed by atoms with Crippen molar-refractivity contribution in [3.05, 3.63) is 126 Å². The molecule has 0 unspecified atom stereocenters. The van der Waals surface area contributed by atoms with Gasteiger partial charge in [-0.3, -0.25) is 14.6 Å². The number of ether oxygens (including phenoxy) is 2. The molecule has 0 saturated carbocycles. The third kappa shape index (κ3) is 7.67. The van der Waals surface area contributed by atoms with Crippen LogP contribution < -0.4 is 14.8 Å². The van der Waals surface area contributed by atoms with Gasteiger partial charge in [0.2, 0.25) is 5.91 Å². The van der Waals surface area contributed by atoms with Crippen LogP contribution >= 0.6 is 0 Å². The zero-order valence-electron chi connectivity index (χ0n) is 21.3. The fourth-order valence-electron chi connectivity index (χ4n) is 4.02. The Morgan fingerprint density at radius 2 is 1.50 bits per heavy atom. The van der Waals surface area contributed by atoms with E-state index in [2.05, 4.69) is 10.3 Å². The molecule has 194 valence electrons. The van der Waals surface area contributed by atoms with Gasteiger partial charge in [0.25, 0.3) is 5.91 Å². The molecule has 0 bridgehead atoms. The summed E-state index contributed by atoms with van der Waals surface area (Å²) in [6, 6.07) is 31.1. The molecule has 0 aliphatic carbocycles. The van der Waals surface area contributed by atoms with Gasteiger partial charge < -0.3 is 19.7 Å². The minimum atomic E-state index is -0.768. The van der Waals surface area contributed by atoms with Gasteiger partial charge in [0.05, 0.1) is 19.3 Å². The van der Waals surface area contributed by atoms with Crippen LogP contribution in [0, 0.1) is 0 Å². The molecule has 7 heteroatoms. The fourth-order valence-corrected chi connectivity index (χ4v) is 4.02. The lowest BCUT2D eigenvalue weighted by molar-refractivity contribution is -0.142. The lowest BCUT2D eigenvalue weighted by Crippen LogP contribution is -2.51. The number of hydrogen-bond acceptors (Lipinski definition) is 5. The molecular weight excluding hydrogens is 478 g/mol. The highest BCUT2D eigenvalue weighted by molar-refractivity contribution is 5.88. The van der Waals surface area contributed by atoms with E-state index in [9.17, 15) is 9.59 Å². The molecule has 0 spiro atoms. The number of hydrogen-bond donors (Lipinski definition) is 1. The molecular formula is C31H31N3O4. The number of para-hydroxylation sites is 1. The number of methoxy groups -OCH3 is 1. The van der Waals surface area contributed by atoms with E-state index >= 15 is 0 Å². The highest BCUT2D eigenvalue weighted by Crippen LogP contribution is 2.18. The maximum atomic E-state index is 13.6. The third-order valence-electron chi connectivity index (χ3n) is 6.06. The topological polar surface area (TPSA) is 80.8 Å². The van der Waals surface area contributed by atoms with Crippen molar-refractivity contribution in [2.75, 3.05) is 13.7 Å². The number of pyridine rings is 1. The quantitative estimate of drug-likeness (QED) is 0.306. The molecule has 0 radical (unpaired) electrons. The number of nitrogens with one attached hydrogen (secondary N) is 1.